The standard InChI is InChI=1S/C17H20O7/c1-3-5-13(18)10(4-2)15(20)23-14(19)9-6-7-11-12(8-9)17(22)24-16(11)21/h6-8,10,13,15,18,20H,3-5H2,1-2H3/t10-,13-,15+/m1/s1. The van der Waals surface area contributed by atoms with Crippen LogP contribution < -0.4 is 0 Å². The summed E-state index contributed by atoms with van der Waals surface area (Å²) in [5.41, 5.74) is 0.0863. The van der Waals surface area contributed by atoms with Gasteiger partial charge in [0.15, 0.2) is 0 Å². The Hall–Kier alpha value is -2.25. The molecule has 1 aliphatic heterocycles. The predicted molar refractivity (Wildman–Crippen MR) is 82.3 cm³/mol. The van der Waals surface area contributed by atoms with E-state index in [9.17, 15) is 24.6 Å². The highest BCUT2D eigenvalue weighted by molar-refractivity contribution is 6.15. The van der Waals surface area contributed by atoms with E-state index in [0.29, 0.717) is 12.8 Å². The van der Waals surface area contributed by atoms with E-state index in [-0.39, 0.29) is 16.7 Å². The smallest absolute Gasteiger partial charge is 0.346 e. The Kier molecular flexibility index (Phi) is 5.69. The average Bonchev–Trinajstić information content (AvgIpc) is 2.82. The summed E-state index contributed by atoms with van der Waals surface area (Å²) in [4.78, 5) is 35.0. The Morgan fingerprint density at radius 1 is 1.17 bits per heavy atom. The van der Waals surface area contributed by atoms with Gasteiger partial charge in [0.1, 0.15) is 0 Å². The molecular formula is C17H20O7. The maximum absolute atomic E-state index is 12.1. The van der Waals surface area contributed by atoms with Gasteiger partial charge in [-0.3, -0.25) is 0 Å². The number of carbonyl (C=O) groups excluding carboxylic acids is 3. The Labute approximate surface area is 139 Å². The zero-order valence-corrected chi connectivity index (χ0v) is 13.5. The minimum absolute atomic E-state index is 0.0120. The quantitative estimate of drug-likeness (QED) is 0.442. The largest absolute Gasteiger partial charge is 0.432 e. The zero-order chi connectivity index (χ0) is 17.9. The maximum atomic E-state index is 12.1. The highest BCUT2D eigenvalue weighted by atomic mass is 16.6. The molecule has 0 fully saturated rings. The fourth-order valence-corrected chi connectivity index (χ4v) is 2.65. The molecule has 3 atom stereocenters. The molecule has 0 aliphatic carbocycles. The lowest BCUT2D eigenvalue weighted by Gasteiger charge is -2.26. The molecule has 1 aromatic carbocycles. The van der Waals surface area contributed by atoms with E-state index >= 15 is 0 Å². The monoisotopic (exact) mass is 336 g/mol. The number of ether oxygens (including phenoxy) is 2. The van der Waals surface area contributed by atoms with Crippen molar-refractivity contribution in [1.82, 2.24) is 0 Å². The molecule has 1 aromatic rings. The van der Waals surface area contributed by atoms with Gasteiger partial charge in [-0.05, 0) is 31.0 Å². The van der Waals surface area contributed by atoms with Gasteiger partial charge in [0.2, 0.25) is 6.29 Å². The van der Waals surface area contributed by atoms with E-state index in [1.165, 1.54) is 18.2 Å². The van der Waals surface area contributed by atoms with Crippen LogP contribution in [0.3, 0.4) is 0 Å². The molecule has 0 bridgehead atoms. The van der Waals surface area contributed by atoms with E-state index in [4.69, 9.17) is 4.74 Å². The lowest BCUT2D eigenvalue weighted by Crippen LogP contribution is -2.34. The highest BCUT2D eigenvalue weighted by Crippen LogP contribution is 2.23. The Morgan fingerprint density at radius 3 is 2.46 bits per heavy atom. The third-order valence-corrected chi connectivity index (χ3v) is 4.02. The number of carbonyl (C=O) groups is 3. The lowest BCUT2D eigenvalue weighted by atomic mass is 9.95. The predicted octanol–water partition coefficient (Wildman–Crippen LogP) is 1.66. The van der Waals surface area contributed by atoms with Crippen LogP contribution in [-0.2, 0) is 9.47 Å². The van der Waals surface area contributed by atoms with Crippen molar-refractivity contribution in [1.29, 1.82) is 0 Å². The SMILES string of the molecule is CCC[C@@H](O)[C@@H](CC)[C@@H](O)OC(=O)c1ccc2c(c1)C(=O)OC2=O. The van der Waals surface area contributed by atoms with Crippen LogP contribution >= 0.6 is 0 Å². The summed E-state index contributed by atoms with van der Waals surface area (Å²) in [5.74, 6) is -3.03. The van der Waals surface area contributed by atoms with Gasteiger partial charge in [0.25, 0.3) is 0 Å². The van der Waals surface area contributed by atoms with Gasteiger partial charge in [-0.1, -0.05) is 20.3 Å². The molecule has 0 saturated heterocycles. The summed E-state index contributed by atoms with van der Waals surface area (Å²) in [6.45, 7) is 3.68. The van der Waals surface area contributed by atoms with Gasteiger partial charge < -0.3 is 19.7 Å². The summed E-state index contributed by atoms with van der Waals surface area (Å²) in [6, 6.07) is 3.81. The number of fused-ring (bicyclic) bond motifs is 1. The second-order valence-electron chi connectivity index (χ2n) is 5.66. The number of aliphatic hydroxyl groups excluding tert-OH is 2. The fraction of sp³-hybridized carbons (Fsp3) is 0.471. The number of rotatable bonds is 7. The molecule has 0 amide bonds. The van der Waals surface area contributed by atoms with Crippen LogP contribution in [0.4, 0.5) is 0 Å². The van der Waals surface area contributed by atoms with Gasteiger partial charge >= 0.3 is 17.9 Å². The minimum Gasteiger partial charge on any atom is -0.432 e. The third kappa shape index (κ3) is 3.63. The highest BCUT2D eigenvalue weighted by Gasteiger charge is 2.32. The first-order valence-corrected chi connectivity index (χ1v) is 7.86. The normalized spacial score (nSPS) is 17.0. The molecule has 0 saturated carbocycles. The molecule has 2 rings (SSSR count). The van der Waals surface area contributed by atoms with Crippen LogP contribution in [0.1, 0.15) is 64.2 Å². The van der Waals surface area contributed by atoms with Crippen LogP contribution in [-0.4, -0.2) is 40.5 Å². The summed E-state index contributed by atoms with van der Waals surface area (Å²) in [6.07, 6.45) is -0.596. The molecule has 130 valence electrons. The first kappa shape index (κ1) is 18.1. The number of aliphatic hydroxyl groups is 2. The van der Waals surface area contributed by atoms with Crippen LogP contribution in [0.2, 0.25) is 0 Å². The molecule has 0 spiro atoms. The second-order valence-corrected chi connectivity index (χ2v) is 5.66. The Morgan fingerprint density at radius 2 is 1.83 bits per heavy atom. The van der Waals surface area contributed by atoms with Crippen molar-refractivity contribution in [3.8, 4) is 0 Å². The van der Waals surface area contributed by atoms with E-state index < -0.39 is 36.2 Å². The molecule has 24 heavy (non-hydrogen) atoms. The van der Waals surface area contributed by atoms with Crippen molar-refractivity contribution in [3.63, 3.8) is 0 Å². The number of hydrogen-bond donors (Lipinski definition) is 2. The molecule has 7 nitrogen and oxygen atoms in total. The number of cyclic esters (lactones) is 2. The molecule has 7 heteroatoms. The van der Waals surface area contributed by atoms with Gasteiger partial charge in [-0.2, -0.15) is 0 Å². The molecule has 1 heterocycles. The topological polar surface area (TPSA) is 110 Å². The molecular weight excluding hydrogens is 316 g/mol. The van der Waals surface area contributed by atoms with Crippen LogP contribution in [0.25, 0.3) is 0 Å². The van der Waals surface area contributed by atoms with Crippen molar-refractivity contribution in [2.45, 2.75) is 45.5 Å². The minimum atomic E-state index is -1.47. The molecule has 0 aromatic heterocycles. The second kappa shape index (κ2) is 7.55. The van der Waals surface area contributed by atoms with Crippen LogP contribution in [0.15, 0.2) is 18.2 Å². The van der Waals surface area contributed by atoms with Crippen molar-refractivity contribution >= 4 is 17.9 Å². The summed E-state index contributed by atoms with van der Waals surface area (Å²) in [7, 11) is 0. The van der Waals surface area contributed by atoms with Crippen molar-refractivity contribution in [3.05, 3.63) is 34.9 Å². The average molecular weight is 336 g/mol. The zero-order valence-electron chi connectivity index (χ0n) is 13.5. The van der Waals surface area contributed by atoms with Gasteiger partial charge in [-0.15, -0.1) is 0 Å². The number of hydrogen-bond acceptors (Lipinski definition) is 7. The van der Waals surface area contributed by atoms with E-state index in [2.05, 4.69) is 4.74 Å². The molecule has 0 radical (unpaired) electrons. The van der Waals surface area contributed by atoms with Gasteiger partial charge in [-0.25, -0.2) is 14.4 Å². The van der Waals surface area contributed by atoms with Crippen molar-refractivity contribution in [2.75, 3.05) is 0 Å². The van der Waals surface area contributed by atoms with Crippen molar-refractivity contribution in [2.24, 2.45) is 5.92 Å². The molecule has 1 aliphatic rings. The van der Waals surface area contributed by atoms with Crippen LogP contribution in [0, 0.1) is 5.92 Å². The summed E-state index contributed by atoms with van der Waals surface area (Å²) < 4.78 is 9.45. The summed E-state index contributed by atoms with van der Waals surface area (Å²) >= 11 is 0. The Bertz CT molecular complexity index is 652. The molecule has 2 N–H and O–H groups in total. The maximum Gasteiger partial charge on any atom is 0.346 e. The van der Waals surface area contributed by atoms with Gasteiger partial charge in [0.05, 0.1) is 22.8 Å². The fourth-order valence-electron chi connectivity index (χ4n) is 2.65. The van der Waals surface area contributed by atoms with Crippen molar-refractivity contribution < 1.29 is 34.1 Å². The molecule has 0 unspecified atom stereocenters. The first-order valence-electron chi connectivity index (χ1n) is 7.86. The van der Waals surface area contributed by atoms with E-state index in [1.807, 2.05) is 6.92 Å². The summed E-state index contributed by atoms with van der Waals surface area (Å²) in [5, 5.41) is 20.1. The Balaban J connectivity index is 2.11. The first-order chi connectivity index (χ1) is 11.4. The van der Waals surface area contributed by atoms with Gasteiger partial charge in [0, 0.05) is 5.92 Å². The third-order valence-electron chi connectivity index (χ3n) is 4.02. The van der Waals surface area contributed by atoms with E-state index in [1.54, 1.807) is 6.92 Å². The van der Waals surface area contributed by atoms with E-state index in [0.717, 1.165) is 6.42 Å². The number of benzene rings is 1. The van der Waals surface area contributed by atoms with Crippen LogP contribution in [0.5, 0.6) is 0 Å². The number of esters is 3. The lowest BCUT2D eigenvalue weighted by molar-refractivity contribution is -0.128.